The Morgan fingerprint density at radius 3 is 2.53 bits per heavy atom. The Bertz CT molecular complexity index is 330. The standard InChI is InChI=1S/C12H21N3O2/c1-8-6-9(8)11(16)15-5-4-13-7-10(15)12(17)14(2)3/h8-10,13H,4-7H2,1-3H3. The SMILES string of the molecule is CC1CC1C(=O)N1CCNCC1C(=O)N(C)C. The zero-order valence-electron chi connectivity index (χ0n) is 10.8. The molecule has 1 aliphatic heterocycles. The summed E-state index contributed by atoms with van der Waals surface area (Å²) in [7, 11) is 3.47. The minimum atomic E-state index is -0.320. The minimum Gasteiger partial charge on any atom is -0.347 e. The molecule has 5 nitrogen and oxygen atoms in total. The number of amides is 2. The molecule has 1 heterocycles. The van der Waals surface area contributed by atoms with E-state index in [-0.39, 0.29) is 23.8 Å². The fourth-order valence-corrected chi connectivity index (χ4v) is 2.37. The van der Waals surface area contributed by atoms with Gasteiger partial charge in [0.15, 0.2) is 0 Å². The summed E-state index contributed by atoms with van der Waals surface area (Å²) in [6, 6.07) is -0.320. The molecule has 17 heavy (non-hydrogen) atoms. The van der Waals surface area contributed by atoms with Crippen LogP contribution < -0.4 is 5.32 Å². The first-order valence-electron chi connectivity index (χ1n) is 6.24. The molecule has 0 aromatic carbocycles. The third-order valence-corrected chi connectivity index (χ3v) is 3.68. The lowest BCUT2D eigenvalue weighted by molar-refractivity contribution is -0.146. The van der Waals surface area contributed by atoms with Gasteiger partial charge in [-0.2, -0.15) is 0 Å². The molecule has 1 saturated heterocycles. The second-order valence-electron chi connectivity index (χ2n) is 5.30. The van der Waals surface area contributed by atoms with Gasteiger partial charge in [0.05, 0.1) is 0 Å². The van der Waals surface area contributed by atoms with Gasteiger partial charge < -0.3 is 15.1 Å². The largest absolute Gasteiger partial charge is 0.347 e. The van der Waals surface area contributed by atoms with Gasteiger partial charge in [0.2, 0.25) is 11.8 Å². The molecule has 1 N–H and O–H groups in total. The number of hydrogen-bond donors (Lipinski definition) is 1. The van der Waals surface area contributed by atoms with Crippen LogP contribution in [0.1, 0.15) is 13.3 Å². The van der Waals surface area contributed by atoms with Gasteiger partial charge in [0, 0.05) is 39.6 Å². The second-order valence-corrected chi connectivity index (χ2v) is 5.30. The van der Waals surface area contributed by atoms with E-state index in [1.54, 1.807) is 23.9 Å². The van der Waals surface area contributed by atoms with Crippen LogP contribution in [0, 0.1) is 11.8 Å². The fourth-order valence-electron chi connectivity index (χ4n) is 2.37. The van der Waals surface area contributed by atoms with Gasteiger partial charge in [0.25, 0.3) is 0 Å². The molecule has 2 aliphatic rings. The summed E-state index contributed by atoms with van der Waals surface area (Å²) in [5.74, 6) is 0.830. The number of rotatable bonds is 2. The average molecular weight is 239 g/mol. The Hall–Kier alpha value is -1.10. The molecular weight excluding hydrogens is 218 g/mol. The lowest BCUT2D eigenvalue weighted by Crippen LogP contribution is -2.59. The van der Waals surface area contributed by atoms with Crippen LogP contribution >= 0.6 is 0 Å². The Kier molecular flexibility index (Phi) is 3.38. The molecule has 0 aromatic heterocycles. The number of piperazine rings is 1. The highest BCUT2D eigenvalue weighted by molar-refractivity contribution is 5.89. The van der Waals surface area contributed by atoms with Crippen LogP contribution in [0.15, 0.2) is 0 Å². The van der Waals surface area contributed by atoms with Crippen molar-refractivity contribution >= 4 is 11.8 Å². The van der Waals surface area contributed by atoms with E-state index in [1.165, 1.54) is 0 Å². The van der Waals surface area contributed by atoms with Gasteiger partial charge in [-0.25, -0.2) is 0 Å². The maximum Gasteiger partial charge on any atom is 0.246 e. The van der Waals surface area contributed by atoms with Crippen molar-refractivity contribution in [3.05, 3.63) is 0 Å². The number of carbonyl (C=O) groups is 2. The van der Waals surface area contributed by atoms with Gasteiger partial charge in [-0.05, 0) is 12.3 Å². The molecule has 1 saturated carbocycles. The lowest BCUT2D eigenvalue weighted by Gasteiger charge is -2.36. The summed E-state index contributed by atoms with van der Waals surface area (Å²) in [4.78, 5) is 27.6. The summed E-state index contributed by atoms with van der Waals surface area (Å²) in [5, 5.41) is 3.18. The summed E-state index contributed by atoms with van der Waals surface area (Å²) >= 11 is 0. The average Bonchev–Trinajstić information content (AvgIpc) is 3.04. The molecule has 2 amide bonds. The van der Waals surface area contributed by atoms with Crippen LogP contribution in [0.4, 0.5) is 0 Å². The Morgan fingerprint density at radius 1 is 1.35 bits per heavy atom. The van der Waals surface area contributed by atoms with Crippen molar-refractivity contribution in [1.82, 2.24) is 15.1 Å². The molecular formula is C12H21N3O2. The van der Waals surface area contributed by atoms with Crippen molar-refractivity contribution in [1.29, 1.82) is 0 Å². The summed E-state index contributed by atoms with van der Waals surface area (Å²) < 4.78 is 0. The van der Waals surface area contributed by atoms with E-state index >= 15 is 0 Å². The van der Waals surface area contributed by atoms with Gasteiger partial charge >= 0.3 is 0 Å². The van der Waals surface area contributed by atoms with E-state index in [0.29, 0.717) is 19.0 Å². The van der Waals surface area contributed by atoms with E-state index in [9.17, 15) is 9.59 Å². The van der Waals surface area contributed by atoms with Gasteiger partial charge in [0.1, 0.15) is 6.04 Å². The number of hydrogen-bond acceptors (Lipinski definition) is 3. The van der Waals surface area contributed by atoms with Crippen molar-refractivity contribution < 1.29 is 9.59 Å². The third kappa shape index (κ3) is 2.44. The van der Waals surface area contributed by atoms with Crippen LogP contribution in [0.3, 0.4) is 0 Å². The summed E-state index contributed by atoms with van der Waals surface area (Å²) in [5.41, 5.74) is 0. The number of likely N-dealkylation sites (N-methyl/N-ethyl adjacent to an activating group) is 1. The monoisotopic (exact) mass is 239 g/mol. The van der Waals surface area contributed by atoms with Crippen molar-refractivity contribution in [2.75, 3.05) is 33.7 Å². The first-order chi connectivity index (χ1) is 8.02. The molecule has 96 valence electrons. The molecule has 2 fully saturated rings. The molecule has 3 unspecified atom stereocenters. The predicted octanol–water partition coefficient (Wildman–Crippen LogP) is -0.469. The summed E-state index contributed by atoms with van der Waals surface area (Å²) in [6.07, 6.45) is 0.978. The first kappa shape index (κ1) is 12.4. The fraction of sp³-hybridized carbons (Fsp3) is 0.833. The topological polar surface area (TPSA) is 52.7 Å². The molecule has 5 heteroatoms. The number of carbonyl (C=O) groups excluding carboxylic acids is 2. The van der Waals surface area contributed by atoms with Gasteiger partial charge in [-0.3, -0.25) is 9.59 Å². The quantitative estimate of drug-likeness (QED) is 0.709. The van der Waals surface area contributed by atoms with Gasteiger partial charge in [-0.15, -0.1) is 0 Å². The van der Waals surface area contributed by atoms with Crippen LogP contribution in [0.5, 0.6) is 0 Å². The lowest BCUT2D eigenvalue weighted by atomic mass is 10.1. The predicted molar refractivity (Wildman–Crippen MR) is 64.3 cm³/mol. The van der Waals surface area contributed by atoms with E-state index < -0.39 is 0 Å². The smallest absolute Gasteiger partial charge is 0.246 e. The molecule has 1 aliphatic carbocycles. The van der Waals surface area contributed by atoms with Crippen LogP contribution in [0.2, 0.25) is 0 Å². The maximum atomic E-state index is 12.2. The molecule has 0 aromatic rings. The maximum absolute atomic E-state index is 12.2. The van der Waals surface area contributed by atoms with Crippen molar-refractivity contribution in [2.45, 2.75) is 19.4 Å². The van der Waals surface area contributed by atoms with Crippen LogP contribution in [-0.2, 0) is 9.59 Å². The van der Waals surface area contributed by atoms with Crippen LogP contribution in [0.25, 0.3) is 0 Å². The van der Waals surface area contributed by atoms with Crippen molar-refractivity contribution in [3.8, 4) is 0 Å². The zero-order chi connectivity index (χ0) is 12.6. The Morgan fingerprint density at radius 2 is 2.00 bits per heavy atom. The second kappa shape index (κ2) is 4.64. The van der Waals surface area contributed by atoms with E-state index in [0.717, 1.165) is 13.0 Å². The van der Waals surface area contributed by atoms with Gasteiger partial charge in [-0.1, -0.05) is 6.92 Å². The first-order valence-corrected chi connectivity index (χ1v) is 6.24. The molecule has 2 rings (SSSR count). The normalized spacial score (nSPS) is 32.2. The van der Waals surface area contributed by atoms with E-state index in [2.05, 4.69) is 12.2 Å². The summed E-state index contributed by atoms with van der Waals surface area (Å²) in [6.45, 7) is 4.09. The molecule has 3 atom stereocenters. The third-order valence-electron chi connectivity index (χ3n) is 3.68. The van der Waals surface area contributed by atoms with Crippen molar-refractivity contribution in [3.63, 3.8) is 0 Å². The van der Waals surface area contributed by atoms with E-state index in [1.807, 2.05) is 0 Å². The highest BCUT2D eigenvalue weighted by atomic mass is 16.2. The van der Waals surface area contributed by atoms with Crippen molar-refractivity contribution in [2.24, 2.45) is 11.8 Å². The highest BCUT2D eigenvalue weighted by Gasteiger charge is 2.44. The Balaban J connectivity index is 2.06. The van der Waals surface area contributed by atoms with E-state index in [4.69, 9.17) is 0 Å². The molecule has 0 radical (unpaired) electrons. The highest BCUT2D eigenvalue weighted by Crippen LogP contribution is 2.39. The Labute approximate surface area is 102 Å². The zero-order valence-corrected chi connectivity index (χ0v) is 10.8. The number of nitrogens with one attached hydrogen (secondary N) is 1. The van der Waals surface area contributed by atoms with Crippen LogP contribution in [-0.4, -0.2) is 61.4 Å². The minimum absolute atomic E-state index is 0.0128. The number of nitrogens with zero attached hydrogens (tertiary/aromatic N) is 2. The molecule has 0 spiro atoms. The molecule has 0 bridgehead atoms.